The van der Waals surface area contributed by atoms with Crippen molar-refractivity contribution in [1.82, 2.24) is 5.32 Å². The first kappa shape index (κ1) is 12.6. The third-order valence-corrected chi connectivity index (χ3v) is 2.18. The molecule has 1 aliphatic heterocycles. The Kier molecular flexibility index (Phi) is 3.88. The van der Waals surface area contributed by atoms with E-state index in [9.17, 15) is 22.0 Å². The minimum atomic E-state index is -5.53. The smallest absolute Gasteiger partial charge is 0.373 e. The van der Waals surface area contributed by atoms with Crippen LogP contribution in [0.5, 0.6) is 0 Å². The summed E-state index contributed by atoms with van der Waals surface area (Å²) in [7, 11) is 0. The molecule has 1 fully saturated rings. The average Bonchev–Trinajstić information content (AvgIpc) is 2.54. The lowest BCUT2D eigenvalue weighted by molar-refractivity contribution is -0.297. The zero-order chi connectivity index (χ0) is 11.5. The number of rotatable bonds is 4. The molecule has 2 nitrogen and oxygen atoms in total. The fourth-order valence-corrected chi connectivity index (χ4v) is 1.31. The van der Waals surface area contributed by atoms with Gasteiger partial charge in [0.1, 0.15) is 6.61 Å². The Hall–Kier alpha value is -0.430. The van der Waals surface area contributed by atoms with Gasteiger partial charge in [0, 0.05) is 6.04 Å². The molecule has 0 bridgehead atoms. The lowest BCUT2D eigenvalue weighted by atomic mass is 10.2. The van der Waals surface area contributed by atoms with Crippen LogP contribution < -0.4 is 5.32 Å². The fourth-order valence-electron chi connectivity index (χ4n) is 1.31. The van der Waals surface area contributed by atoms with E-state index in [1.54, 1.807) is 0 Å². The molecule has 1 aliphatic rings. The second kappa shape index (κ2) is 4.61. The molecule has 0 radical (unpaired) electrons. The maximum Gasteiger partial charge on any atom is 0.455 e. The molecule has 0 spiro atoms. The molecular formula is C8H12F5NO. The lowest BCUT2D eigenvalue weighted by Gasteiger charge is -2.20. The summed E-state index contributed by atoms with van der Waals surface area (Å²) < 4.78 is 64.1. The predicted molar refractivity (Wildman–Crippen MR) is 42.8 cm³/mol. The first-order valence-electron chi connectivity index (χ1n) is 4.58. The number of hydrogen-bond donors (Lipinski definition) is 1. The molecule has 1 atom stereocenters. The Balaban J connectivity index is 2.23. The molecule has 0 saturated carbocycles. The Morgan fingerprint density at radius 3 is 2.33 bits per heavy atom. The highest BCUT2D eigenvalue weighted by molar-refractivity contribution is 4.77. The summed E-state index contributed by atoms with van der Waals surface area (Å²) in [5, 5.41) is 2.93. The van der Waals surface area contributed by atoms with Crippen molar-refractivity contribution < 1.29 is 26.7 Å². The largest absolute Gasteiger partial charge is 0.455 e. The lowest BCUT2D eigenvalue weighted by Crippen LogP contribution is -2.42. The van der Waals surface area contributed by atoms with Crippen LogP contribution in [-0.4, -0.2) is 37.9 Å². The second-order valence-electron chi connectivity index (χ2n) is 3.51. The summed E-state index contributed by atoms with van der Waals surface area (Å²) in [5.74, 6) is -4.76. The first-order valence-corrected chi connectivity index (χ1v) is 4.58. The molecule has 0 unspecified atom stereocenters. The Labute approximate surface area is 83.8 Å². The van der Waals surface area contributed by atoms with Crippen LogP contribution in [0.25, 0.3) is 0 Å². The Bertz CT molecular complexity index is 200. The van der Waals surface area contributed by atoms with Gasteiger partial charge in [-0.1, -0.05) is 0 Å². The third-order valence-electron chi connectivity index (χ3n) is 2.18. The first-order chi connectivity index (χ1) is 6.83. The molecular weight excluding hydrogens is 221 g/mol. The highest BCUT2D eigenvalue weighted by atomic mass is 19.4. The monoisotopic (exact) mass is 233 g/mol. The van der Waals surface area contributed by atoms with E-state index in [1.807, 2.05) is 0 Å². The topological polar surface area (TPSA) is 21.3 Å². The molecule has 7 heteroatoms. The van der Waals surface area contributed by atoms with E-state index < -0.39 is 18.7 Å². The zero-order valence-electron chi connectivity index (χ0n) is 7.91. The van der Waals surface area contributed by atoms with Crippen LogP contribution in [0.3, 0.4) is 0 Å². The van der Waals surface area contributed by atoms with Gasteiger partial charge in [0.25, 0.3) is 0 Å². The molecule has 1 N–H and O–H groups in total. The fraction of sp³-hybridized carbons (Fsp3) is 1.00. The Morgan fingerprint density at radius 2 is 1.87 bits per heavy atom. The van der Waals surface area contributed by atoms with Crippen molar-refractivity contribution in [2.24, 2.45) is 0 Å². The van der Waals surface area contributed by atoms with E-state index in [1.165, 1.54) is 0 Å². The van der Waals surface area contributed by atoms with Gasteiger partial charge in [-0.05, 0) is 19.4 Å². The summed E-state index contributed by atoms with van der Waals surface area (Å²) in [6, 6.07) is -0.103. The number of nitrogens with one attached hydrogen (secondary N) is 1. The van der Waals surface area contributed by atoms with Crippen LogP contribution >= 0.6 is 0 Å². The van der Waals surface area contributed by atoms with E-state index in [2.05, 4.69) is 10.1 Å². The standard InChI is InChI=1S/C8H12F5NO/c9-7(10,8(11,12)13)5-15-4-6-2-1-3-14-6/h6,14H,1-5H2/t6-/m1/s1. The molecule has 0 aromatic rings. The zero-order valence-corrected chi connectivity index (χ0v) is 7.91. The second-order valence-corrected chi connectivity index (χ2v) is 3.51. The van der Waals surface area contributed by atoms with Gasteiger partial charge >= 0.3 is 12.1 Å². The molecule has 0 aromatic carbocycles. The van der Waals surface area contributed by atoms with E-state index in [4.69, 9.17) is 0 Å². The molecule has 1 heterocycles. The maximum absolute atomic E-state index is 12.3. The number of halogens is 5. The van der Waals surface area contributed by atoms with Crippen molar-refractivity contribution in [3.8, 4) is 0 Å². The summed E-state index contributed by atoms with van der Waals surface area (Å²) in [5.41, 5.74) is 0. The highest BCUT2D eigenvalue weighted by Gasteiger charge is 2.57. The molecule has 1 rings (SSSR count). The number of hydrogen-bond acceptors (Lipinski definition) is 2. The van der Waals surface area contributed by atoms with E-state index >= 15 is 0 Å². The van der Waals surface area contributed by atoms with Crippen LogP contribution in [0.15, 0.2) is 0 Å². The predicted octanol–water partition coefficient (Wildman–Crippen LogP) is 1.95. The highest BCUT2D eigenvalue weighted by Crippen LogP contribution is 2.35. The summed E-state index contributed by atoms with van der Waals surface area (Å²) >= 11 is 0. The van der Waals surface area contributed by atoms with Crippen LogP contribution in [0.2, 0.25) is 0 Å². The third kappa shape index (κ3) is 3.57. The number of alkyl halides is 5. The van der Waals surface area contributed by atoms with Crippen molar-refractivity contribution in [3.63, 3.8) is 0 Å². The van der Waals surface area contributed by atoms with Gasteiger partial charge in [-0.25, -0.2) is 0 Å². The van der Waals surface area contributed by atoms with Crippen molar-refractivity contribution in [2.75, 3.05) is 19.8 Å². The van der Waals surface area contributed by atoms with Gasteiger partial charge in [0.15, 0.2) is 0 Å². The van der Waals surface area contributed by atoms with Gasteiger partial charge in [0.2, 0.25) is 0 Å². The molecule has 90 valence electrons. The van der Waals surface area contributed by atoms with Gasteiger partial charge in [-0.3, -0.25) is 0 Å². The van der Waals surface area contributed by atoms with Crippen LogP contribution in [0.4, 0.5) is 22.0 Å². The SMILES string of the molecule is FC(F)(F)C(F)(F)COC[C@H]1CCCN1. The maximum atomic E-state index is 12.3. The normalized spacial score (nSPS) is 23.4. The summed E-state index contributed by atoms with van der Waals surface area (Å²) in [6.07, 6.45) is -3.89. The van der Waals surface area contributed by atoms with Crippen LogP contribution in [0, 0.1) is 0 Å². The van der Waals surface area contributed by atoms with Gasteiger partial charge in [-0.2, -0.15) is 22.0 Å². The van der Waals surface area contributed by atoms with E-state index in [0.29, 0.717) is 0 Å². The molecule has 1 saturated heterocycles. The van der Waals surface area contributed by atoms with Crippen molar-refractivity contribution in [3.05, 3.63) is 0 Å². The van der Waals surface area contributed by atoms with E-state index in [-0.39, 0.29) is 12.6 Å². The average molecular weight is 233 g/mol. The number of ether oxygens (including phenoxy) is 1. The van der Waals surface area contributed by atoms with Crippen molar-refractivity contribution in [1.29, 1.82) is 0 Å². The minimum absolute atomic E-state index is 0.103. The van der Waals surface area contributed by atoms with Crippen LogP contribution in [0.1, 0.15) is 12.8 Å². The minimum Gasteiger partial charge on any atom is -0.373 e. The van der Waals surface area contributed by atoms with Gasteiger partial charge < -0.3 is 10.1 Å². The van der Waals surface area contributed by atoms with Gasteiger partial charge in [-0.15, -0.1) is 0 Å². The Morgan fingerprint density at radius 1 is 1.20 bits per heavy atom. The quantitative estimate of drug-likeness (QED) is 0.749. The van der Waals surface area contributed by atoms with Crippen molar-refractivity contribution in [2.45, 2.75) is 31.0 Å². The molecule has 0 amide bonds. The van der Waals surface area contributed by atoms with Gasteiger partial charge in [0.05, 0.1) is 6.61 Å². The molecule has 0 aliphatic carbocycles. The van der Waals surface area contributed by atoms with Crippen molar-refractivity contribution >= 4 is 0 Å². The molecule has 15 heavy (non-hydrogen) atoms. The summed E-state index contributed by atoms with van der Waals surface area (Å²) in [6.45, 7) is -0.954. The summed E-state index contributed by atoms with van der Waals surface area (Å²) in [4.78, 5) is 0. The molecule has 0 aromatic heterocycles. The van der Waals surface area contributed by atoms with E-state index in [0.717, 1.165) is 19.4 Å². The van der Waals surface area contributed by atoms with Crippen LogP contribution in [-0.2, 0) is 4.74 Å².